The monoisotopic (exact) mass is 325 g/mol. The summed E-state index contributed by atoms with van der Waals surface area (Å²) < 4.78 is 64.9. The van der Waals surface area contributed by atoms with E-state index in [0.717, 1.165) is 4.68 Å². The van der Waals surface area contributed by atoms with Crippen LogP contribution in [0.15, 0.2) is 28.7 Å². The minimum Gasteiger partial charge on any atom is -0.239 e. The maximum atomic E-state index is 13.9. The fraction of sp³-hybridized carbons (Fsp3) is 0.500. The van der Waals surface area contributed by atoms with Crippen LogP contribution in [0, 0.1) is 0 Å². The maximum absolute atomic E-state index is 13.9. The number of nitrogens with zero attached hydrogens (tertiary/aromatic N) is 3. The van der Waals surface area contributed by atoms with Gasteiger partial charge in [0.05, 0.1) is 11.9 Å². The van der Waals surface area contributed by atoms with E-state index in [1.165, 1.54) is 13.0 Å². The van der Waals surface area contributed by atoms with Gasteiger partial charge in [0.1, 0.15) is 0 Å². The number of thioether (sulfide) groups is 1. The van der Waals surface area contributed by atoms with Crippen molar-refractivity contribution in [3.8, 4) is 0 Å². The Morgan fingerprint density at radius 2 is 2.10 bits per heavy atom. The van der Waals surface area contributed by atoms with Gasteiger partial charge in [0.2, 0.25) is 5.16 Å². The predicted octanol–water partition coefficient (Wildman–Crippen LogP) is 4.67. The Morgan fingerprint density at radius 1 is 1.43 bits per heavy atom. The number of hydrogen-bond donors (Lipinski definition) is 0. The van der Waals surface area contributed by atoms with Gasteiger partial charge in [-0.3, -0.25) is 0 Å². The topological polar surface area (TPSA) is 30.7 Å². The minimum atomic E-state index is -4.54. The Labute approximate surface area is 121 Å². The summed E-state index contributed by atoms with van der Waals surface area (Å²) in [6, 6.07) is -0.652. The quantitative estimate of drug-likeness (QED) is 0.460. The summed E-state index contributed by atoms with van der Waals surface area (Å²) in [5.74, 6) is -0.632. The molecule has 0 unspecified atom stereocenters. The number of allylic oxidation sites excluding steroid dienone is 4. The number of aromatic nitrogens is 3. The van der Waals surface area contributed by atoms with Gasteiger partial charge in [-0.15, -0.1) is 5.10 Å². The van der Waals surface area contributed by atoms with Crippen molar-refractivity contribution >= 4 is 11.8 Å². The van der Waals surface area contributed by atoms with Crippen molar-refractivity contribution in [3.63, 3.8) is 0 Å². The third-order valence-corrected chi connectivity index (χ3v) is 3.52. The first kappa shape index (κ1) is 16.0. The van der Waals surface area contributed by atoms with Gasteiger partial charge >= 0.3 is 5.51 Å². The molecular formula is C12H12F5N3S. The van der Waals surface area contributed by atoms with Gasteiger partial charge in [-0.25, -0.2) is 18.4 Å². The molecule has 0 bridgehead atoms. The predicted molar refractivity (Wildman–Crippen MR) is 68.1 cm³/mol. The van der Waals surface area contributed by atoms with Crippen molar-refractivity contribution in [1.29, 1.82) is 0 Å². The van der Waals surface area contributed by atoms with Crippen molar-refractivity contribution in [1.82, 2.24) is 14.8 Å². The van der Waals surface area contributed by atoms with Crippen molar-refractivity contribution in [2.75, 3.05) is 0 Å². The summed E-state index contributed by atoms with van der Waals surface area (Å²) in [5.41, 5.74) is -4.09. The lowest BCUT2D eigenvalue weighted by Crippen LogP contribution is -2.08. The number of alkyl halides is 4. The van der Waals surface area contributed by atoms with Gasteiger partial charge in [-0.05, 0) is 25.5 Å². The van der Waals surface area contributed by atoms with Crippen LogP contribution >= 0.6 is 11.8 Å². The lowest BCUT2D eigenvalue weighted by molar-refractivity contribution is -0.0331. The molecule has 1 aliphatic rings. The lowest BCUT2D eigenvalue weighted by Gasteiger charge is -2.12. The smallest absolute Gasteiger partial charge is 0.239 e. The highest BCUT2D eigenvalue weighted by Crippen LogP contribution is 2.43. The van der Waals surface area contributed by atoms with Crippen LogP contribution in [0.5, 0.6) is 0 Å². The molecule has 0 spiro atoms. The van der Waals surface area contributed by atoms with Crippen LogP contribution in [0.1, 0.15) is 38.3 Å². The van der Waals surface area contributed by atoms with E-state index in [0.29, 0.717) is 5.57 Å². The van der Waals surface area contributed by atoms with Crippen molar-refractivity contribution in [2.24, 2.45) is 0 Å². The number of hydrogen-bond acceptors (Lipinski definition) is 3. The third kappa shape index (κ3) is 3.63. The summed E-state index contributed by atoms with van der Waals surface area (Å²) in [6.07, 6.45) is 1.25. The Balaban J connectivity index is 2.34. The Hall–Kier alpha value is -1.38. The zero-order valence-corrected chi connectivity index (χ0v) is 12.0. The molecule has 1 aliphatic heterocycles. The summed E-state index contributed by atoms with van der Waals surface area (Å²) in [6.45, 7) is 2.88. The molecule has 3 nitrogen and oxygen atoms in total. The van der Waals surface area contributed by atoms with Crippen molar-refractivity contribution in [3.05, 3.63) is 29.4 Å². The first-order valence-electron chi connectivity index (χ1n) is 6.07. The molecule has 0 radical (unpaired) electrons. The molecule has 1 aromatic rings. The fourth-order valence-corrected chi connectivity index (χ4v) is 2.66. The third-order valence-electron chi connectivity index (χ3n) is 2.93. The van der Waals surface area contributed by atoms with E-state index in [9.17, 15) is 22.0 Å². The molecule has 2 rings (SSSR count). The molecule has 0 N–H and O–H groups in total. The highest BCUT2D eigenvalue weighted by atomic mass is 32.2. The Bertz CT molecular complexity index is 586. The van der Waals surface area contributed by atoms with Gasteiger partial charge in [0, 0.05) is 18.2 Å². The average Bonchev–Trinajstić information content (AvgIpc) is 2.85. The van der Waals surface area contributed by atoms with Crippen LogP contribution in [0.2, 0.25) is 0 Å². The summed E-state index contributed by atoms with van der Waals surface area (Å²) in [5, 5.41) is 3.15. The molecule has 116 valence electrons. The largest absolute Gasteiger partial charge is 0.449 e. The minimum absolute atomic E-state index is 0.0181. The Kier molecular flexibility index (Phi) is 4.40. The molecule has 0 saturated carbocycles. The van der Waals surface area contributed by atoms with Gasteiger partial charge in [0.15, 0.2) is 12.0 Å². The van der Waals surface area contributed by atoms with E-state index >= 15 is 0 Å². The average molecular weight is 325 g/mol. The SMILES string of the molecule is C/C=C(\C=C(/C)F)[C@@H]1C[C@H](F)c2nc(SC(F)(F)F)nn21. The molecule has 2 heterocycles. The van der Waals surface area contributed by atoms with Crippen LogP contribution < -0.4 is 0 Å². The van der Waals surface area contributed by atoms with E-state index in [2.05, 4.69) is 10.1 Å². The first-order valence-corrected chi connectivity index (χ1v) is 6.89. The molecule has 0 fully saturated rings. The highest BCUT2D eigenvalue weighted by Gasteiger charge is 2.38. The van der Waals surface area contributed by atoms with Crippen LogP contribution in [-0.2, 0) is 0 Å². The van der Waals surface area contributed by atoms with Crippen LogP contribution in [-0.4, -0.2) is 20.3 Å². The number of halogens is 5. The van der Waals surface area contributed by atoms with E-state index in [1.54, 1.807) is 13.0 Å². The summed E-state index contributed by atoms with van der Waals surface area (Å²) in [4.78, 5) is 3.58. The molecule has 9 heteroatoms. The van der Waals surface area contributed by atoms with Crippen molar-refractivity contribution < 1.29 is 22.0 Å². The van der Waals surface area contributed by atoms with E-state index in [4.69, 9.17) is 0 Å². The molecule has 0 aromatic carbocycles. The second-order valence-corrected chi connectivity index (χ2v) is 5.52. The van der Waals surface area contributed by atoms with Gasteiger partial charge in [0.25, 0.3) is 0 Å². The lowest BCUT2D eigenvalue weighted by atomic mass is 10.0. The molecule has 21 heavy (non-hydrogen) atoms. The molecular weight excluding hydrogens is 313 g/mol. The number of fused-ring (bicyclic) bond motifs is 1. The molecule has 1 aromatic heterocycles. The molecule has 0 amide bonds. The Morgan fingerprint density at radius 3 is 2.62 bits per heavy atom. The molecule has 0 saturated heterocycles. The van der Waals surface area contributed by atoms with E-state index in [-0.39, 0.29) is 12.2 Å². The van der Waals surface area contributed by atoms with Crippen LogP contribution in [0.4, 0.5) is 22.0 Å². The van der Waals surface area contributed by atoms with Gasteiger partial charge in [-0.1, -0.05) is 6.08 Å². The second-order valence-electron chi connectivity index (χ2n) is 4.48. The second kappa shape index (κ2) is 5.78. The van der Waals surface area contributed by atoms with Gasteiger partial charge in [-0.2, -0.15) is 13.2 Å². The van der Waals surface area contributed by atoms with E-state index < -0.39 is 40.5 Å². The zero-order valence-electron chi connectivity index (χ0n) is 11.2. The van der Waals surface area contributed by atoms with E-state index in [1.807, 2.05) is 0 Å². The molecule has 2 atom stereocenters. The maximum Gasteiger partial charge on any atom is 0.449 e. The number of rotatable bonds is 3. The normalized spacial score (nSPS) is 23.6. The van der Waals surface area contributed by atoms with Crippen LogP contribution in [0.3, 0.4) is 0 Å². The highest BCUT2D eigenvalue weighted by molar-refractivity contribution is 8.00. The first-order chi connectivity index (χ1) is 9.71. The standard InChI is InChI=1S/C12H12F5N3S/c1-3-7(4-6(2)13)9-5-8(14)10-18-11(19-20(9)10)21-12(15,16)17/h3-4,8-9H,5H2,1-2H3/b6-4+,7-3+/t8-,9-/m0/s1. The van der Waals surface area contributed by atoms with Crippen LogP contribution in [0.25, 0.3) is 0 Å². The zero-order chi connectivity index (χ0) is 15.8. The summed E-state index contributed by atoms with van der Waals surface area (Å²) in [7, 11) is 0. The summed E-state index contributed by atoms with van der Waals surface area (Å²) >= 11 is -0.496. The van der Waals surface area contributed by atoms with Crippen molar-refractivity contribution in [2.45, 2.75) is 43.1 Å². The van der Waals surface area contributed by atoms with Gasteiger partial charge < -0.3 is 0 Å². The molecule has 0 aliphatic carbocycles. The fourth-order valence-electron chi connectivity index (χ4n) is 2.18.